The van der Waals surface area contributed by atoms with Gasteiger partial charge in [0.1, 0.15) is 0 Å². The van der Waals surface area contributed by atoms with Gasteiger partial charge in [0, 0.05) is 38.2 Å². The minimum atomic E-state index is -0.545. The molecule has 1 N–H and O–H groups in total. The van der Waals surface area contributed by atoms with E-state index in [0.29, 0.717) is 18.6 Å². The second kappa shape index (κ2) is 4.86. The van der Waals surface area contributed by atoms with Crippen molar-refractivity contribution in [1.29, 1.82) is 0 Å². The quantitative estimate of drug-likeness (QED) is 0.852. The van der Waals surface area contributed by atoms with Crippen molar-refractivity contribution >= 4 is 5.78 Å². The summed E-state index contributed by atoms with van der Waals surface area (Å²) in [6, 6.07) is 3.87. The Morgan fingerprint density at radius 2 is 2.32 bits per heavy atom. The molecule has 4 aliphatic rings. The van der Waals surface area contributed by atoms with Gasteiger partial charge < -0.3 is 14.6 Å². The highest BCUT2D eigenvalue weighted by atomic mass is 16.5. The van der Waals surface area contributed by atoms with Crippen LogP contribution in [0.15, 0.2) is 24.8 Å². The summed E-state index contributed by atoms with van der Waals surface area (Å²) in [6.07, 6.45) is 4.20. The van der Waals surface area contributed by atoms with Gasteiger partial charge in [0.2, 0.25) is 0 Å². The molecule has 1 spiro atoms. The summed E-state index contributed by atoms with van der Waals surface area (Å²) in [4.78, 5) is 15.2. The van der Waals surface area contributed by atoms with Crippen molar-refractivity contribution in [1.82, 2.24) is 4.90 Å². The number of phenols is 1. The average Bonchev–Trinajstić information content (AvgIpc) is 2.97. The van der Waals surface area contributed by atoms with Crippen molar-refractivity contribution in [2.45, 2.75) is 48.8 Å². The van der Waals surface area contributed by atoms with Crippen molar-refractivity contribution in [2.75, 3.05) is 20.2 Å². The molecule has 1 aromatic carbocycles. The molecule has 25 heavy (non-hydrogen) atoms. The topological polar surface area (TPSA) is 59.0 Å². The van der Waals surface area contributed by atoms with E-state index < -0.39 is 17.1 Å². The summed E-state index contributed by atoms with van der Waals surface area (Å²) in [5.74, 6) is 0.772. The Morgan fingerprint density at radius 1 is 1.48 bits per heavy atom. The van der Waals surface area contributed by atoms with Crippen LogP contribution in [0.2, 0.25) is 0 Å². The highest BCUT2D eigenvalue weighted by Crippen LogP contribution is 2.65. The third-order valence-electron chi connectivity index (χ3n) is 7.06. The molecular weight excluding hydrogens is 318 g/mol. The number of Topliss-reactive ketones (excluding diaryl/α,β-unsaturated/α-hetero) is 1. The second-order valence-corrected chi connectivity index (χ2v) is 7.73. The van der Waals surface area contributed by atoms with E-state index in [-0.39, 0.29) is 17.6 Å². The maximum absolute atomic E-state index is 12.8. The summed E-state index contributed by atoms with van der Waals surface area (Å²) < 4.78 is 12.4. The van der Waals surface area contributed by atoms with E-state index in [9.17, 15) is 9.90 Å². The first-order valence-corrected chi connectivity index (χ1v) is 9.04. The van der Waals surface area contributed by atoms with E-state index in [1.165, 1.54) is 5.56 Å². The molecule has 1 saturated heterocycles. The number of carbonyl (C=O) groups excluding carboxylic acids is 1. The molecule has 0 amide bonds. The smallest absolute Gasteiger partial charge is 0.174 e. The highest BCUT2D eigenvalue weighted by molar-refractivity contribution is 5.90. The molecule has 5 heteroatoms. The van der Waals surface area contributed by atoms with Crippen molar-refractivity contribution in [3.8, 4) is 11.5 Å². The fraction of sp³-hybridized carbons (Fsp3) is 0.550. The second-order valence-electron chi connectivity index (χ2n) is 7.73. The molecule has 4 atom stereocenters. The first-order valence-electron chi connectivity index (χ1n) is 9.04. The number of aromatic hydroxyl groups is 1. The van der Waals surface area contributed by atoms with Crippen molar-refractivity contribution in [2.24, 2.45) is 0 Å². The maximum Gasteiger partial charge on any atom is 0.174 e. The van der Waals surface area contributed by atoms with E-state index in [0.717, 1.165) is 31.5 Å². The summed E-state index contributed by atoms with van der Waals surface area (Å²) >= 11 is 0. The zero-order chi connectivity index (χ0) is 17.4. The Kier molecular flexibility index (Phi) is 3.00. The molecule has 5 nitrogen and oxygen atoms in total. The molecule has 0 radical (unpaired) electrons. The fourth-order valence-corrected chi connectivity index (χ4v) is 6.19. The zero-order valence-electron chi connectivity index (χ0n) is 14.5. The predicted octanol–water partition coefficient (Wildman–Crippen LogP) is 1.96. The number of ether oxygens (including phenoxy) is 2. The van der Waals surface area contributed by atoms with Gasteiger partial charge in [-0.2, -0.15) is 0 Å². The maximum atomic E-state index is 12.8. The van der Waals surface area contributed by atoms with E-state index >= 15 is 0 Å². The number of hydrogen-bond donors (Lipinski definition) is 1. The molecule has 0 aromatic heterocycles. The molecule has 2 aliphatic heterocycles. The third kappa shape index (κ3) is 1.55. The van der Waals surface area contributed by atoms with Crippen LogP contribution in [0.5, 0.6) is 11.5 Å². The van der Waals surface area contributed by atoms with E-state index in [1.807, 2.05) is 12.1 Å². The van der Waals surface area contributed by atoms with Gasteiger partial charge in [-0.05, 0) is 30.9 Å². The lowest BCUT2D eigenvalue weighted by atomic mass is 9.49. The lowest BCUT2D eigenvalue weighted by Crippen LogP contribution is -2.77. The standard InChI is InChI=1S/C20H23NO4/c1-3-9-21-10-8-19-16-12-4-5-13(22)17(16)25-18(19)14(23)6-7-20(19,24-2)15(21)11-12/h3-5,15,18,22H,1,6-11H2,2H3/t15-,18+,19?,20-/m0/s1. The van der Waals surface area contributed by atoms with Crippen LogP contribution in [0.25, 0.3) is 0 Å². The largest absolute Gasteiger partial charge is 0.504 e. The summed E-state index contributed by atoms with van der Waals surface area (Å²) in [7, 11) is 1.77. The number of ketones is 1. The molecule has 2 heterocycles. The molecule has 5 rings (SSSR count). The van der Waals surface area contributed by atoms with E-state index in [1.54, 1.807) is 13.2 Å². The fourth-order valence-electron chi connectivity index (χ4n) is 6.19. The third-order valence-corrected chi connectivity index (χ3v) is 7.06. The van der Waals surface area contributed by atoms with Gasteiger partial charge in [0.05, 0.1) is 11.0 Å². The number of rotatable bonds is 3. The van der Waals surface area contributed by atoms with Crippen molar-refractivity contribution in [3.63, 3.8) is 0 Å². The lowest BCUT2D eigenvalue weighted by molar-refractivity contribution is -0.200. The molecule has 1 unspecified atom stereocenters. The Hall–Kier alpha value is -1.85. The van der Waals surface area contributed by atoms with Crippen LogP contribution < -0.4 is 4.74 Å². The molecule has 2 aliphatic carbocycles. The molecule has 1 saturated carbocycles. The summed E-state index contributed by atoms with van der Waals surface area (Å²) in [5, 5.41) is 10.4. The molecule has 1 aromatic rings. The molecule has 2 fully saturated rings. The molecule has 2 bridgehead atoms. The number of likely N-dealkylation sites (tertiary alicyclic amines) is 1. The van der Waals surface area contributed by atoms with Crippen LogP contribution in [0.3, 0.4) is 0 Å². The summed E-state index contributed by atoms with van der Waals surface area (Å²) in [5.41, 5.74) is 1.26. The van der Waals surface area contributed by atoms with Gasteiger partial charge in [-0.1, -0.05) is 12.1 Å². The normalized spacial score (nSPS) is 38.2. The van der Waals surface area contributed by atoms with Crippen LogP contribution in [-0.4, -0.2) is 53.7 Å². The van der Waals surface area contributed by atoms with Gasteiger partial charge in [-0.15, -0.1) is 6.58 Å². The van der Waals surface area contributed by atoms with Crippen LogP contribution in [0.4, 0.5) is 0 Å². The van der Waals surface area contributed by atoms with Gasteiger partial charge in [0.15, 0.2) is 23.4 Å². The van der Waals surface area contributed by atoms with Crippen LogP contribution in [0, 0.1) is 0 Å². The van der Waals surface area contributed by atoms with Gasteiger partial charge in [-0.25, -0.2) is 0 Å². The minimum absolute atomic E-state index is 0.132. The predicted molar refractivity (Wildman–Crippen MR) is 92.1 cm³/mol. The minimum Gasteiger partial charge on any atom is -0.504 e. The number of phenolic OH excluding ortho intramolecular Hbond substituents is 1. The van der Waals surface area contributed by atoms with Crippen molar-refractivity contribution in [3.05, 3.63) is 35.9 Å². The van der Waals surface area contributed by atoms with Gasteiger partial charge >= 0.3 is 0 Å². The Morgan fingerprint density at radius 3 is 3.08 bits per heavy atom. The average molecular weight is 341 g/mol. The Labute approximate surface area is 147 Å². The number of piperidine rings is 1. The molecular formula is C20H23NO4. The first kappa shape index (κ1) is 15.4. The van der Waals surface area contributed by atoms with E-state index in [2.05, 4.69) is 11.5 Å². The Bertz CT molecular complexity index is 790. The lowest BCUT2D eigenvalue weighted by Gasteiger charge is -2.64. The zero-order valence-corrected chi connectivity index (χ0v) is 14.5. The highest BCUT2D eigenvalue weighted by Gasteiger charge is 2.73. The number of benzene rings is 1. The first-order chi connectivity index (χ1) is 12.1. The van der Waals surface area contributed by atoms with E-state index in [4.69, 9.17) is 9.47 Å². The van der Waals surface area contributed by atoms with Crippen LogP contribution in [0.1, 0.15) is 30.4 Å². The number of nitrogens with zero attached hydrogens (tertiary/aromatic N) is 1. The molecule has 132 valence electrons. The van der Waals surface area contributed by atoms with Gasteiger partial charge in [0.25, 0.3) is 0 Å². The summed E-state index contributed by atoms with van der Waals surface area (Å²) in [6.45, 7) is 5.60. The number of hydrogen-bond acceptors (Lipinski definition) is 5. The van der Waals surface area contributed by atoms with Crippen LogP contribution in [-0.2, 0) is 21.4 Å². The SMILES string of the molecule is C=CCN1CCC23c4c5ccc(O)c4O[C@@H]2C(=O)CC[C@]3(OC)[C@@H]1C5. The number of carbonyl (C=O) groups is 1. The monoisotopic (exact) mass is 341 g/mol. The van der Waals surface area contributed by atoms with Gasteiger partial charge in [-0.3, -0.25) is 9.69 Å². The van der Waals surface area contributed by atoms with Crippen LogP contribution >= 0.6 is 0 Å². The van der Waals surface area contributed by atoms with Crippen molar-refractivity contribution < 1.29 is 19.4 Å². The Balaban J connectivity index is 1.81. The number of methoxy groups -OCH3 is 1.